The van der Waals surface area contributed by atoms with Crippen molar-refractivity contribution in [1.82, 2.24) is 0 Å². The molecule has 0 aliphatic heterocycles. The lowest BCUT2D eigenvalue weighted by Crippen LogP contribution is -1.81. The van der Waals surface area contributed by atoms with Gasteiger partial charge in [0.2, 0.25) is 0 Å². The molecule has 0 saturated carbocycles. The molecule has 0 bridgehead atoms. The molecule has 1 aromatic rings. The van der Waals surface area contributed by atoms with Gasteiger partial charge in [-0.2, -0.15) is 0 Å². The highest BCUT2D eigenvalue weighted by Crippen LogP contribution is 2.12. The molecule has 0 unspecified atom stereocenters. The highest BCUT2D eigenvalue weighted by Gasteiger charge is 1.89. The highest BCUT2D eigenvalue weighted by molar-refractivity contribution is 5.50. The fourth-order valence-corrected chi connectivity index (χ4v) is 1.29. The first-order valence-electron chi connectivity index (χ1n) is 5.23. The van der Waals surface area contributed by atoms with E-state index in [9.17, 15) is 4.39 Å². The first-order valence-corrected chi connectivity index (χ1v) is 5.23. The Labute approximate surface area is 90.6 Å². The molecule has 1 nitrogen and oxygen atoms in total. The van der Waals surface area contributed by atoms with E-state index in [-0.39, 0.29) is 6.67 Å². The van der Waals surface area contributed by atoms with Crippen molar-refractivity contribution >= 4 is 6.08 Å². The molecule has 0 N–H and O–H groups in total. The van der Waals surface area contributed by atoms with Crippen LogP contribution in [0.25, 0.3) is 6.08 Å². The third kappa shape index (κ3) is 4.63. The minimum Gasteiger partial charge on any atom is -0.497 e. The summed E-state index contributed by atoms with van der Waals surface area (Å²) in [4.78, 5) is 0. The van der Waals surface area contributed by atoms with Crippen molar-refractivity contribution in [3.05, 3.63) is 35.9 Å². The van der Waals surface area contributed by atoms with E-state index in [1.807, 2.05) is 24.3 Å². The van der Waals surface area contributed by atoms with Gasteiger partial charge in [0.25, 0.3) is 0 Å². The zero-order valence-electron chi connectivity index (χ0n) is 9.08. The predicted octanol–water partition coefficient (Wildman–Crippen LogP) is 3.85. The Hall–Kier alpha value is -1.31. The van der Waals surface area contributed by atoms with Crippen LogP contribution in [0.5, 0.6) is 5.75 Å². The van der Waals surface area contributed by atoms with Gasteiger partial charge in [0, 0.05) is 0 Å². The number of ether oxygens (including phenoxy) is 1. The van der Waals surface area contributed by atoms with Gasteiger partial charge in [0.1, 0.15) is 5.75 Å². The summed E-state index contributed by atoms with van der Waals surface area (Å²) in [5.74, 6) is 0.865. The Morgan fingerprint density at radius 2 is 1.93 bits per heavy atom. The van der Waals surface area contributed by atoms with E-state index >= 15 is 0 Å². The number of unbranched alkanes of at least 4 members (excludes halogenated alkanes) is 2. The van der Waals surface area contributed by atoms with Crippen molar-refractivity contribution in [2.45, 2.75) is 19.3 Å². The van der Waals surface area contributed by atoms with Crippen LogP contribution in [0, 0.1) is 0 Å². The smallest absolute Gasteiger partial charge is 0.118 e. The number of rotatable bonds is 6. The molecule has 0 spiro atoms. The topological polar surface area (TPSA) is 9.23 Å². The summed E-state index contributed by atoms with van der Waals surface area (Å²) in [5, 5.41) is 0. The van der Waals surface area contributed by atoms with E-state index in [0.29, 0.717) is 6.42 Å². The number of hydrogen-bond acceptors (Lipinski definition) is 1. The van der Waals surface area contributed by atoms with Crippen LogP contribution in [-0.4, -0.2) is 13.8 Å². The summed E-state index contributed by atoms with van der Waals surface area (Å²) in [5.41, 5.74) is 1.15. The van der Waals surface area contributed by atoms with Gasteiger partial charge in [-0.3, -0.25) is 4.39 Å². The number of hydrogen-bond donors (Lipinski definition) is 0. The first kappa shape index (κ1) is 11.8. The molecule has 0 radical (unpaired) electrons. The second kappa shape index (κ2) is 7.04. The molecule has 1 aromatic carbocycles. The minimum absolute atomic E-state index is 0.212. The second-order valence-corrected chi connectivity index (χ2v) is 3.36. The summed E-state index contributed by atoms with van der Waals surface area (Å²) >= 11 is 0. The molecular formula is C13H17FO. The fraction of sp³-hybridized carbons (Fsp3) is 0.385. The Balaban J connectivity index is 2.36. The fourth-order valence-electron chi connectivity index (χ4n) is 1.29. The average molecular weight is 208 g/mol. The lowest BCUT2D eigenvalue weighted by Gasteiger charge is -1.98. The number of halogens is 1. The van der Waals surface area contributed by atoms with Crippen molar-refractivity contribution in [3.63, 3.8) is 0 Å². The van der Waals surface area contributed by atoms with Crippen molar-refractivity contribution < 1.29 is 9.13 Å². The Morgan fingerprint density at radius 3 is 2.53 bits per heavy atom. The summed E-state index contributed by atoms with van der Waals surface area (Å²) < 4.78 is 16.8. The summed E-state index contributed by atoms with van der Waals surface area (Å²) in [6.45, 7) is -0.212. The van der Waals surface area contributed by atoms with Crippen molar-refractivity contribution in [2.24, 2.45) is 0 Å². The largest absolute Gasteiger partial charge is 0.497 e. The van der Waals surface area contributed by atoms with E-state index in [2.05, 4.69) is 12.2 Å². The molecule has 15 heavy (non-hydrogen) atoms. The van der Waals surface area contributed by atoms with Gasteiger partial charge in [-0.15, -0.1) is 0 Å². The molecule has 1 rings (SSSR count). The Kier molecular flexibility index (Phi) is 5.52. The molecular weight excluding hydrogens is 191 g/mol. The third-order valence-corrected chi connectivity index (χ3v) is 2.18. The maximum atomic E-state index is 11.8. The number of benzene rings is 1. The van der Waals surface area contributed by atoms with Gasteiger partial charge in [-0.25, -0.2) is 0 Å². The third-order valence-electron chi connectivity index (χ3n) is 2.18. The zero-order valence-corrected chi connectivity index (χ0v) is 9.08. The second-order valence-electron chi connectivity index (χ2n) is 3.36. The van der Waals surface area contributed by atoms with Crippen molar-refractivity contribution in [1.29, 1.82) is 0 Å². The number of alkyl halides is 1. The SMILES string of the molecule is COc1ccc(/C=C/CCCCF)cc1. The quantitative estimate of drug-likeness (QED) is 0.645. The molecule has 0 aliphatic rings. The zero-order chi connectivity index (χ0) is 10.9. The van der Waals surface area contributed by atoms with Gasteiger partial charge in [-0.05, 0) is 37.0 Å². The number of allylic oxidation sites excluding steroid dienone is 1. The Morgan fingerprint density at radius 1 is 1.20 bits per heavy atom. The molecule has 2 heteroatoms. The van der Waals surface area contributed by atoms with Crippen LogP contribution < -0.4 is 4.74 Å². The first-order chi connectivity index (χ1) is 7.36. The van der Waals surface area contributed by atoms with E-state index in [1.165, 1.54) is 0 Å². The van der Waals surface area contributed by atoms with E-state index < -0.39 is 0 Å². The molecule has 0 saturated heterocycles. The van der Waals surface area contributed by atoms with Gasteiger partial charge in [0.15, 0.2) is 0 Å². The lowest BCUT2D eigenvalue weighted by molar-refractivity contribution is 0.415. The summed E-state index contributed by atoms with van der Waals surface area (Å²) in [6.07, 6.45) is 6.65. The van der Waals surface area contributed by atoms with Crippen LogP contribution in [0.4, 0.5) is 4.39 Å². The molecule has 0 atom stereocenters. The standard InChI is InChI=1S/C13H17FO/c1-15-13-9-7-12(8-10-13)6-4-2-3-5-11-14/h4,6-10H,2-3,5,11H2,1H3/b6-4+. The van der Waals surface area contributed by atoms with Crippen LogP contribution in [0.3, 0.4) is 0 Å². The molecule has 0 fully saturated rings. The highest BCUT2D eigenvalue weighted by atomic mass is 19.1. The summed E-state index contributed by atoms with van der Waals surface area (Å²) in [7, 11) is 1.65. The molecule has 0 aliphatic carbocycles. The normalized spacial score (nSPS) is 10.8. The molecule has 0 aromatic heterocycles. The van der Waals surface area contributed by atoms with Crippen LogP contribution in [0.2, 0.25) is 0 Å². The van der Waals surface area contributed by atoms with E-state index in [0.717, 1.165) is 24.2 Å². The van der Waals surface area contributed by atoms with Crippen LogP contribution >= 0.6 is 0 Å². The average Bonchev–Trinajstić information content (AvgIpc) is 2.30. The van der Waals surface area contributed by atoms with E-state index in [4.69, 9.17) is 4.74 Å². The van der Waals surface area contributed by atoms with Crippen molar-refractivity contribution in [2.75, 3.05) is 13.8 Å². The Bertz CT molecular complexity index is 290. The maximum Gasteiger partial charge on any atom is 0.118 e. The molecule has 0 amide bonds. The van der Waals surface area contributed by atoms with Gasteiger partial charge in [0.05, 0.1) is 13.8 Å². The lowest BCUT2D eigenvalue weighted by atomic mass is 10.1. The van der Waals surface area contributed by atoms with Gasteiger partial charge >= 0.3 is 0 Å². The van der Waals surface area contributed by atoms with Crippen LogP contribution in [0.1, 0.15) is 24.8 Å². The number of methoxy groups -OCH3 is 1. The minimum atomic E-state index is -0.212. The molecule has 82 valence electrons. The van der Waals surface area contributed by atoms with Gasteiger partial charge in [-0.1, -0.05) is 24.3 Å². The van der Waals surface area contributed by atoms with Crippen LogP contribution in [0.15, 0.2) is 30.3 Å². The molecule has 0 heterocycles. The van der Waals surface area contributed by atoms with Crippen molar-refractivity contribution in [3.8, 4) is 5.75 Å². The van der Waals surface area contributed by atoms with Gasteiger partial charge < -0.3 is 4.74 Å². The summed E-state index contributed by atoms with van der Waals surface area (Å²) in [6, 6.07) is 7.87. The monoisotopic (exact) mass is 208 g/mol. The predicted molar refractivity (Wildman–Crippen MR) is 61.9 cm³/mol. The van der Waals surface area contributed by atoms with E-state index in [1.54, 1.807) is 7.11 Å². The maximum absolute atomic E-state index is 11.8. The van der Waals surface area contributed by atoms with Crippen LogP contribution in [-0.2, 0) is 0 Å².